The summed E-state index contributed by atoms with van der Waals surface area (Å²) in [5.41, 5.74) is 0.319. The Bertz CT molecular complexity index is 575. The summed E-state index contributed by atoms with van der Waals surface area (Å²) in [6.07, 6.45) is 4.46. The van der Waals surface area contributed by atoms with Gasteiger partial charge in [-0.3, -0.25) is 9.59 Å². The number of pyridine rings is 1. The van der Waals surface area contributed by atoms with Gasteiger partial charge in [-0.25, -0.2) is 4.98 Å². The Morgan fingerprint density at radius 1 is 1.48 bits per heavy atom. The van der Waals surface area contributed by atoms with Crippen LogP contribution in [-0.2, 0) is 4.79 Å². The first-order chi connectivity index (χ1) is 10.1. The highest BCUT2D eigenvalue weighted by Crippen LogP contribution is 2.38. The number of hydrogen-bond donors (Lipinski definition) is 2. The number of carbonyl (C=O) groups excluding carboxylic acids is 2. The number of amides is 2. The first-order valence-corrected chi connectivity index (χ1v) is 7.36. The molecule has 2 fully saturated rings. The molecular formula is C15H20N4O2. The second-order valence-electron chi connectivity index (χ2n) is 5.79. The van der Waals surface area contributed by atoms with E-state index in [4.69, 9.17) is 0 Å². The number of rotatable bonds is 2. The predicted molar refractivity (Wildman–Crippen MR) is 79.1 cm³/mol. The van der Waals surface area contributed by atoms with Gasteiger partial charge in [-0.05, 0) is 31.4 Å². The van der Waals surface area contributed by atoms with Crippen LogP contribution in [0.5, 0.6) is 0 Å². The molecule has 2 aliphatic heterocycles. The van der Waals surface area contributed by atoms with E-state index < -0.39 is 0 Å². The van der Waals surface area contributed by atoms with E-state index in [0.29, 0.717) is 12.1 Å². The maximum Gasteiger partial charge on any atom is 0.251 e. The van der Waals surface area contributed by atoms with Gasteiger partial charge in [0.05, 0.1) is 5.41 Å². The van der Waals surface area contributed by atoms with E-state index in [9.17, 15) is 9.59 Å². The van der Waals surface area contributed by atoms with Crippen LogP contribution in [0, 0.1) is 5.41 Å². The van der Waals surface area contributed by atoms with Crippen molar-refractivity contribution in [2.75, 3.05) is 31.6 Å². The summed E-state index contributed by atoms with van der Waals surface area (Å²) in [7, 11) is 1.61. The fraction of sp³-hybridized carbons (Fsp3) is 0.533. The van der Waals surface area contributed by atoms with Crippen molar-refractivity contribution in [3.8, 4) is 0 Å². The van der Waals surface area contributed by atoms with Crippen molar-refractivity contribution in [1.82, 2.24) is 15.6 Å². The van der Waals surface area contributed by atoms with Crippen molar-refractivity contribution in [2.24, 2.45) is 5.41 Å². The lowest BCUT2D eigenvalue weighted by Gasteiger charge is -2.32. The summed E-state index contributed by atoms with van der Waals surface area (Å²) >= 11 is 0. The van der Waals surface area contributed by atoms with Gasteiger partial charge >= 0.3 is 0 Å². The van der Waals surface area contributed by atoms with Crippen LogP contribution in [0.1, 0.15) is 29.6 Å². The van der Waals surface area contributed by atoms with Gasteiger partial charge < -0.3 is 15.5 Å². The minimum absolute atomic E-state index is 0.122. The fourth-order valence-corrected chi connectivity index (χ4v) is 3.26. The van der Waals surface area contributed by atoms with Crippen molar-refractivity contribution < 1.29 is 9.59 Å². The molecule has 1 atom stereocenters. The van der Waals surface area contributed by atoms with Crippen molar-refractivity contribution in [3.63, 3.8) is 0 Å². The maximum absolute atomic E-state index is 12.2. The highest BCUT2D eigenvalue weighted by atomic mass is 16.2. The van der Waals surface area contributed by atoms with E-state index in [2.05, 4.69) is 20.5 Å². The Hall–Kier alpha value is -2.11. The van der Waals surface area contributed by atoms with Gasteiger partial charge in [0.25, 0.3) is 5.91 Å². The molecular weight excluding hydrogens is 268 g/mol. The molecule has 2 aliphatic rings. The molecule has 6 nitrogen and oxygen atoms in total. The SMILES string of the molecule is CNC(=O)c1ccnc(N2CC[C@]3(CCCNC3=O)C2)c1. The molecule has 2 saturated heterocycles. The monoisotopic (exact) mass is 288 g/mol. The number of anilines is 1. The van der Waals surface area contributed by atoms with Crippen LogP contribution in [0.3, 0.4) is 0 Å². The summed E-state index contributed by atoms with van der Waals surface area (Å²) < 4.78 is 0. The number of hydrogen-bond acceptors (Lipinski definition) is 4. The molecule has 0 aromatic carbocycles. The lowest BCUT2D eigenvalue weighted by molar-refractivity contribution is -0.132. The second-order valence-corrected chi connectivity index (χ2v) is 5.79. The lowest BCUT2D eigenvalue weighted by Crippen LogP contribution is -2.47. The van der Waals surface area contributed by atoms with Gasteiger partial charge in [-0.2, -0.15) is 0 Å². The zero-order chi connectivity index (χ0) is 14.9. The zero-order valence-corrected chi connectivity index (χ0v) is 12.2. The molecule has 1 aromatic rings. The van der Waals surface area contributed by atoms with E-state index in [0.717, 1.165) is 38.2 Å². The van der Waals surface area contributed by atoms with Crippen LogP contribution in [0.2, 0.25) is 0 Å². The number of nitrogens with one attached hydrogen (secondary N) is 2. The summed E-state index contributed by atoms with van der Waals surface area (Å²) in [6.45, 7) is 2.27. The Kier molecular flexibility index (Phi) is 3.53. The molecule has 3 heterocycles. The van der Waals surface area contributed by atoms with Crippen molar-refractivity contribution in [1.29, 1.82) is 0 Å². The van der Waals surface area contributed by atoms with Gasteiger partial charge in [0.15, 0.2) is 0 Å². The number of carbonyl (C=O) groups is 2. The first kappa shape index (κ1) is 13.9. The van der Waals surface area contributed by atoms with Crippen LogP contribution in [0.4, 0.5) is 5.82 Å². The molecule has 112 valence electrons. The lowest BCUT2D eigenvalue weighted by atomic mass is 9.79. The molecule has 1 aromatic heterocycles. The number of aromatic nitrogens is 1. The molecule has 0 bridgehead atoms. The fourth-order valence-electron chi connectivity index (χ4n) is 3.26. The zero-order valence-electron chi connectivity index (χ0n) is 12.2. The van der Waals surface area contributed by atoms with E-state index in [-0.39, 0.29) is 17.2 Å². The maximum atomic E-state index is 12.2. The Labute approximate surface area is 123 Å². The highest BCUT2D eigenvalue weighted by molar-refractivity contribution is 5.94. The van der Waals surface area contributed by atoms with Crippen molar-refractivity contribution in [2.45, 2.75) is 19.3 Å². The van der Waals surface area contributed by atoms with Gasteiger partial charge in [-0.15, -0.1) is 0 Å². The van der Waals surface area contributed by atoms with Gasteiger partial charge in [0.1, 0.15) is 5.82 Å². The average molecular weight is 288 g/mol. The average Bonchev–Trinajstić information content (AvgIpc) is 2.95. The predicted octanol–water partition coefficient (Wildman–Crippen LogP) is 0.548. The first-order valence-electron chi connectivity index (χ1n) is 7.36. The number of piperidine rings is 1. The third-order valence-electron chi connectivity index (χ3n) is 4.51. The van der Waals surface area contributed by atoms with Crippen molar-refractivity contribution >= 4 is 17.6 Å². The molecule has 0 saturated carbocycles. The van der Waals surface area contributed by atoms with E-state index in [1.54, 1.807) is 25.4 Å². The second kappa shape index (κ2) is 5.35. The molecule has 1 spiro atoms. The highest BCUT2D eigenvalue weighted by Gasteiger charge is 2.45. The summed E-state index contributed by atoms with van der Waals surface area (Å²) in [5.74, 6) is 0.813. The van der Waals surface area contributed by atoms with E-state index >= 15 is 0 Å². The third kappa shape index (κ3) is 2.46. The van der Waals surface area contributed by atoms with Crippen LogP contribution < -0.4 is 15.5 Å². The standard InChI is InChI=1S/C15H20N4O2/c1-16-13(20)11-3-7-17-12(9-11)19-8-5-15(10-19)4-2-6-18-14(15)21/h3,7,9H,2,4-6,8,10H2,1H3,(H,16,20)(H,18,21)/t15-/m1/s1. The van der Waals surface area contributed by atoms with Gasteiger partial charge in [-0.1, -0.05) is 0 Å². The van der Waals surface area contributed by atoms with Gasteiger partial charge in [0.2, 0.25) is 5.91 Å². The Morgan fingerprint density at radius 3 is 3.10 bits per heavy atom. The van der Waals surface area contributed by atoms with Crippen LogP contribution in [0.25, 0.3) is 0 Å². The molecule has 2 amide bonds. The smallest absolute Gasteiger partial charge is 0.251 e. The van der Waals surface area contributed by atoms with E-state index in [1.807, 2.05) is 0 Å². The van der Waals surface area contributed by atoms with Crippen molar-refractivity contribution in [3.05, 3.63) is 23.9 Å². The van der Waals surface area contributed by atoms with E-state index in [1.165, 1.54) is 0 Å². The molecule has 3 rings (SSSR count). The minimum Gasteiger partial charge on any atom is -0.356 e. The van der Waals surface area contributed by atoms with Crippen LogP contribution >= 0.6 is 0 Å². The molecule has 0 aliphatic carbocycles. The van der Waals surface area contributed by atoms with Crippen LogP contribution in [0.15, 0.2) is 18.3 Å². The summed E-state index contributed by atoms with van der Waals surface area (Å²) in [6, 6.07) is 3.49. The molecule has 0 unspecified atom stereocenters. The quantitative estimate of drug-likeness (QED) is 0.833. The van der Waals surface area contributed by atoms with Gasteiger partial charge in [0, 0.05) is 38.4 Å². The number of nitrogens with zero attached hydrogens (tertiary/aromatic N) is 2. The Balaban J connectivity index is 1.80. The third-order valence-corrected chi connectivity index (χ3v) is 4.51. The normalized spacial score (nSPS) is 25.0. The Morgan fingerprint density at radius 2 is 2.33 bits per heavy atom. The van der Waals surface area contributed by atoms with Crippen LogP contribution in [-0.4, -0.2) is 43.5 Å². The minimum atomic E-state index is -0.275. The largest absolute Gasteiger partial charge is 0.356 e. The molecule has 21 heavy (non-hydrogen) atoms. The topological polar surface area (TPSA) is 74.3 Å². The summed E-state index contributed by atoms with van der Waals surface area (Å²) in [5, 5.41) is 5.59. The summed E-state index contributed by atoms with van der Waals surface area (Å²) in [4.78, 5) is 30.4. The molecule has 2 N–H and O–H groups in total. The molecule has 6 heteroatoms. The molecule has 0 radical (unpaired) electrons.